The minimum atomic E-state index is 0.556. The largest absolute Gasteiger partial charge is 0.384 e. The summed E-state index contributed by atoms with van der Waals surface area (Å²) in [4.78, 5) is 4.06. The molecule has 0 atom stereocenters. The van der Waals surface area contributed by atoms with Gasteiger partial charge in [0.1, 0.15) is 5.15 Å². The highest BCUT2D eigenvalue weighted by Crippen LogP contribution is 2.23. The molecule has 0 bridgehead atoms. The second kappa shape index (κ2) is 6.09. The second-order valence-corrected chi connectivity index (χ2v) is 5.00. The lowest BCUT2D eigenvalue weighted by Crippen LogP contribution is -2.13. The van der Waals surface area contributed by atoms with Crippen molar-refractivity contribution in [1.82, 2.24) is 4.98 Å². The van der Waals surface area contributed by atoms with Gasteiger partial charge in [0.25, 0.3) is 0 Å². The van der Waals surface area contributed by atoms with E-state index >= 15 is 0 Å². The Hall–Kier alpha value is -0.760. The first kappa shape index (κ1) is 11.7. The van der Waals surface area contributed by atoms with E-state index in [0.717, 1.165) is 18.2 Å². The Balaban J connectivity index is 1.79. The van der Waals surface area contributed by atoms with E-state index < -0.39 is 0 Å². The zero-order chi connectivity index (χ0) is 11.2. The molecule has 2 nitrogen and oxygen atoms in total. The molecule has 3 heteroatoms. The van der Waals surface area contributed by atoms with Gasteiger partial charge in [0.05, 0.1) is 11.9 Å². The Labute approximate surface area is 102 Å². The van der Waals surface area contributed by atoms with Gasteiger partial charge in [-0.1, -0.05) is 37.3 Å². The first-order valence-corrected chi connectivity index (χ1v) is 6.58. The first-order chi connectivity index (χ1) is 7.84. The maximum Gasteiger partial charge on any atom is 0.129 e. The molecule has 1 aromatic rings. The molecule has 16 heavy (non-hydrogen) atoms. The van der Waals surface area contributed by atoms with E-state index in [-0.39, 0.29) is 0 Å². The Kier molecular flexibility index (Phi) is 4.46. The minimum absolute atomic E-state index is 0.556. The monoisotopic (exact) mass is 238 g/mol. The zero-order valence-corrected chi connectivity index (χ0v) is 10.3. The van der Waals surface area contributed by atoms with Crippen LogP contribution in [0.5, 0.6) is 0 Å². The predicted octanol–water partition coefficient (Wildman–Crippen LogP) is 4.12. The van der Waals surface area contributed by atoms with Crippen molar-refractivity contribution in [3.63, 3.8) is 0 Å². The molecular formula is C13H19ClN2. The molecule has 0 saturated heterocycles. The highest BCUT2D eigenvalue weighted by molar-refractivity contribution is 6.29. The van der Waals surface area contributed by atoms with E-state index in [1.54, 1.807) is 6.20 Å². The summed E-state index contributed by atoms with van der Waals surface area (Å²) in [5, 5.41) is 4.00. The SMILES string of the molecule is Clc1ccc(NCC2CCCCCC2)cn1. The minimum Gasteiger partial charge on any atom is -0.384 e. The van der Waals surface area contributed by atoms with Gasteiger partial charge in [0.15, 0.2) is 0 Å². The lowest BCUT2D eigenvalue weighted by molar-refractivity contribution is 0.483. The molecule has 0 aromatic carbocycles. The molecule has 1 aliphatic rings. The van der Waals surface area contributed by atoms with Gasteiger partial charge >= 0.3 is 0 Å². The maximum atomic E-state index is 5.74. The standard InChI is InChI=1S/C13H19ClN2/c14-13-8-7-12(10-16-13)15-9-11-5-3-1-2-4-6-11/h7-8,10-11,15H,1-6,9H2. The van der Waals surface area contributed by atoms with Crippen molar-refractivity contribution in [2.45, 2.75) is 38.5 Å². The first-order valence-electron chi connectivity index (χ1n) is 6.20. The molecule has 0 aliphatic heterocycles. The topological polar surface area (TPSA) is 24.9 Å². The predicted molar refractivity (Wildman–Crippen MR) is 68.9 cm³/mol. The molecule has 1 aliphatic carbocycles. The molecule has 1 heterocycles. The van der Waals surface area contributed by atoms with Crippen LogP contribution in [0.25, 0.3) is 0 Å². The van der Waals surface area contributed by atoms with Gasteiger partial charge in [-0.15, -0.1) is 0 Å². The average Bonchev–Trinajstić information content (AvgIpc) is 2.57. The highest BCUT2D eigenvalue weighted by Gasteiger charge is 2.11. The van der Waals surface area contributed by atoms with Gasteiger partial charge < -0.3 is 5.32 Å². The third-order valence-corrected chi connectivity index (χ3v) is 3.52. The second-order valence-electron chi connectivity index (χ2n) is 4.61. The third kappa shape index (κ3) is 3.67. The van der Waals surface area contributed by atoms with Crippen LogP contribution in [0.3, 0.4) is 0 Å². The Morgan fingerprint density at radius 2 is 1.94 bits per heavy atom. The number of pyridine rings is 1. The molecule has 0 unspecified atom stereocenters. The van der Waals surface area contributed by atoms with E-state index in [4.69, 9.17) is 11.6 Å². The van der Waals surface area contributed by atoms with Crippen molar-refractivity contribution in [3.05, 3.63) is 23.5 Å². The molecule has 1 aromatic heterocycles. The normalized spacial score (nSPS) is 18.1. The van der Waals surface area contributed by atoms with Crippen LogP contribution in [0.15, 0.2) is 18.3 Å². The number of hydrogen-bond acceptors (Lipinski definition) is 2. The van der Waals surface area contributed by atoms with E-state index in [9.17, 15) is 0 Å². The van der Waals surface area contributed by atoms with Crippen molar-refractivity contribution in [3.8, 4) is 0 Å². The molecule has 0 amide bonds. The van der Waals surface area contributed by atoms with E-state index in [2.05, 4.69) is 10.3 Å². The van der Waals surface area contributed by atoms with Gasteiger partial charge in [0.2, 0.25) is 0 Å². The van der Waals surface area contributed by atoms with Gasteiger partial charge in [-0.3, -0.25) is 0 Å². The summed E-state index contributed by atoms with van der Waals surface area (Å²) in [6, 6.07) is 3.82. The van der Waals surface area contributed by atoms with Crippen molar-refractivity contribution in [1.29, 1.82) is 0 Å². The fraction of sp³-hybridized carbons (Fsp3) is 0.615. The molecule has 2 rings (SSSR count). The number of hydrogen-bond donors (Lipinski definition) is 1. The van der Waals surface area contributed by atoms with Crippen molar-refractivity contribution < 1.29 is 0 Å². The average molecular weight is 239 g/mol. The molecule has 0 spiro atoms. The van der Waals surface area contributed by atoms with Crippen LogP contribution in [-0.4, -0.2) is 11.5 Å². The molecular weight excluding hydrogens is 220 g/mol. The summed E-state index contributed by atoms with van der Waals surface area (Å²) in [5.41, 5.74) is 1.08. The van der Waals surface area contributed by atoms with Gasteiger partial charge in [0, 0.05) is 6.54 Å². The molecule has 1 saturated carbocycles. The Bertz CT molecular complexity index is 302. The van der Waals surface area contributed by atoms with Gasteiger partial charge in [-0.25, -0.2) is 4.98 Å². The molecule has 1 N–H and O–H groups in total. The number of halogens is 1. The van der Waals surface area contributed by atoms with Crippen molar-refractivity contribution in [2.24, 2.45) is 5.92 Å². The van der Waals surface area contributed by atoms with E-state index in [1.807, 2.05) is 12.1 Å². The van der Waals surface area contributed by atoms with E-state index in [0.29, 0.717) is 5.15 Å². The van der Waals surface area contributed by atoms with E-state index in [1.165, 1.54) is 38.5 Å². The smallest absolute Gasteiger partial charge is 0.129 e. The molecule has 1 fully saturated rings. The summed E-state index contributed by atoms with van der Waals surface area (Å²) in [5.74, 6) is 0.832. The van der Waals surface area contributed by atoms with Crippen LogP contribution in [0.2, 0.25) is 5.15 Å². The summed E-state index contributed by atoms with van der Waals surface area (Å²) in [7, 11) is 0. The number of rotatable bonds is 3. The highest BCUT2D eigenvalue weighted by atomic mass is 35.5. The maximum absolute atomic E-state index is 5.74. The molecule has 88 valence electrons. The number of anilines is 1. The lowest BCUT2D eigenvalue weighted by atomic mass is 10.0. The summed E-state index contributed by atoms with van der Waals surface area (Å²) in [6.45, 7) is 1.07. The zero-order valence-electron chi connectivity index (χ0n) is 9.58. The van der Waals surface area contributed by atoms with Crippen LogP contribution in [0, 0.1) is 5.92 Å². The lowest BCUT2D eigenvalue weighted by Gasteiger charge is -2.15. The third-order valence-electron chi connectivity index (χ3n) is 3.30. The van der Waals surface area contributed by atoms with Crippen LogP contribution in [0.4, 0.5) is 5.69 Å². The van der Waals surface area contributed by atoms with Crippen LogP contribution in [0.1, 0.15) is 38.5 Å². The summed E-state index contributed by atoms with van der Waals surface area (Å²) < 4.78 is 0. The fourth-order valence-electron chi connectivity index (χ4n) is 2.31. The Morgan fingerprint density at radius 3 is 2.56 bits per heavy atom. The number of aromatic nitrogens is 1. The summed E-state index contributed by atoms with van der Waals surface area (Å²) >= 11 is 5.74. The Morgan fingerprint density at radius 1 is 1.19 bits per heavy atom. The van der Waals surface area contributed by atoms with Crippen molar-refractivity contribution in [2.75, 3.05) is 11.9 Å². The van der Waals surface area contributed by atoms with Crippen LogP contribution >= 0.6 is 11.6 Å². The molecule has 0 radical (unpaired) electrons. The fourth-order valence-corrected chi connectivity index (χ4v) is 2.42. The van der Waals surface area contributed by atoms with Crippen LogP contribution in [-0.2, 0) is 0 Å². The van der Waals surface area contributed by atoms with Gasteiger partial charge in [-0.05, 0) is 30.9 Å². The summed E-state index contributed by atoms with van der Waals surface area (Å²) in [6.07, 6.45) is 10.2. The number of nitrogens with one attached hydrogen (secondary N) is 1. The van der Waals surface area contributed by atoms with Crippen molar-refractivity contribution >= 4 is 17.3 Å². The van der Waals surface area contributed by atoms with Gasteiger partial charge in [-0.2, -0.15) is 0 Å². The quantitative estimate of drug-likeness (QED) is 0.633. The van der Waals surface area contributed by atoms with Crippen LogP contribution < -0.4 is 5.32 Å². The number of nitrogens with zero attached hydrogens (tertiary/aromatic N) is 1.